The molecule has 1 aromatic carbocycles. The van der Waals surface area contributed by atoms with Crippen LogP contribution in [-0.4, -0.2) is 16.4 Å². The minimum Gasteiger partial charge on any atom is -0.334 e. The monoisotopic (exact) mass is 293 g/mol. The largest absolute Gasteiger partial charge is 0.334 e. The maximum atomic E-state index is 12.2. The van der Waals surface area contributed by atoms with Crippen molar-refractivity contribution >= 4 is 5.91 Å². The molecule has 0 aliphatic rings. The highest BCUT2D eigenvalue weighted by Crippen LogP contribution is 2.14. The molecule has 0 fully saturated rings. The maximum absolute atomic E-state index is 12.2. The molecule has 0 saturated carbocycles. The summed E-state index contributed by atoms with van der Waals surface area (Å²) in [5, 5.41) is 12.2. The summed E-state index contributed by atoms with van der Waals surface area (Å²) in [5.41, 5.74) is 1.56. The number of pyridine rings is 1. The third-order valence-electron chi connectivity index (χ3n) is 3.57. The van der Waals surface area contributed by atoms with Gasteiger partial charge in [-0.2, -0.15) is 5.26 Å². The van der Waals surface area contributed by atoms with Gasteiger partial charge in [0.2, 0.25) is 0 Å². The number of hydrogen-bond donors (Lipinski definition) is 1. The van der Waals surface area contributed by atoms with E-state index in [1.165, 1.54) is 6.20 Å². The molecule has 4 nitrogen and oxygen atoms in total. The van der Waals surface area contributed by atoms with Crippen molar-refractivity contribution in [2.75, 3.05) is 0 Å². The van der Waals surface area contributed by atoms with Gasteiger partial charge in [0, 0.05) is 11.9 Å². The second-order valence-electron chi connectivity index (χ2n) is 5.57. The van der Waals surface area contributed by atoms with Crippen molar-refractivity contribution < 1.29 is 4.79 Å². The molecule has 0 spiro atoms. The maximum Gasteiger partial charge on any atom is 0.254 e. The van der Waals surface area contributed by atoms with Crippen LogP contribution in [-0.2, 0) is 6.42 Å². The predicted molar refractivity (Wildman–Crippen MR) is 85.2 cm³/mol. The topological polar surface area (TPSA) is 65.8 Å². The molecule has 112 valence electrons. The number of amides is 1. The van der Waals surface area contributed by atoms with Crippen LogP contribution in [0.4, 0.5) is 0 Å². The average Bonchev–Trinajstić information content (AvgIpc) is 2.54. The molecule has 0 saturated heterocycles. The smallest absolute Gasteiger partial charge is 0.254 e. The molecule has 1 aromatic heterocycles. The van der Waals surface area contributed by atoms with Gasteiger partial charge in [0.05, 0.1) is 11.6 Å². The number of hydrogen-bond acceptors (Lipinski definition) is 3. The van der Waals surface area contributed by atoms with Gasteiger partial charge in [-0.05, 0) is 44.4 Å². The van der Waals surface area contributed by atoms with Crippen LogP contribution in [0.25, 0.3) is 0 Å². The van der Waals surface area contributed by atoms with Crippen molar-refractivity contribution in [3.8, 4) is 6.07 Å². The highest BCUT2D eigenvalue weighted by Gasteiger charge is 2.26. The van der Waals surface area contributed by atoms with Gasteiger partial charge in [-0.1, -0.05) is 30.3 Å². The number of benzene rings is 1. The molecule has 0 radical (unpaired) electrons. The fraction of sp³-hybridized carbons (Fsp3) is 0.278. The van der Waals surface area contributed by atoms with E-state index in [1.54, 1.807) is 19.1 Å². The number of nitrogens with one attached hydrogen (secondary N) is 1. The van der Waals surface area contributed by atoms with Gasteiger partial charge in [0.25, 0.3) is 5.91 Å². The van der Waals surface area contributed by atoms with Crippen LogP contribution in [0.5, 0.6) is 0 Å². The first kappa shape index (κ1) is 15.7. The van der Waals surface area contributed by atoms with Crippen LogP contribution in [0, 0.1) is 18.3 Å². The Kier molecular flexibility index (Phi) is 4.90. The Labute approximate surface area is 130 Å². The summed E-state index contributed by atoms with van der Waals surface area (Å²) in [6.45, 7) is 3.61. The summed E-state index contributed by atoms with van der Waals surface area (Å²) in [7, 11) is 0. The molecule has 1 heterocycles. The third-order valence-corrected chi connectivity index (χ3v) is 3.57. The van der Waals surface area contributed by atoms with Gasteiger partial charge < -0.3 is 5.32 Å². The standard InChI is InChI=1S/C18H19N3O/c1-14-8-9-16(12-20-14)17(22)21-18(2,13-19)11-10-15-6-4-3-5-7-15/h3-9,12H,10-11H2,1-2H3,(H,21,22). The molecule has 1 amide bonds. The predicted octanol–water partition coefficient (Wildman–Crippen LogP) is 3.03. The van der Waals surface area contributed by atoms with Gasteiger partial charge >= 0.3 is 0 Å². The lowest BCUT2D eigenvalue weighted by Gasteiger charge is -2.23. The van der Waals surface area contributed by atoms with E-state index in [0.717, 1.165) is 17.7 Å². The zero-order chi connectivity index (χ0) is 16.0. The van der Waals surface area contributed by atoms with Crippen molar-refractivity contribution in [1.29, 1.82) is 5.26 Å². The van der Waals surface area contributed by atoms with Crippen LogP contribution in [0.3, 0.4) is 0 Å². The molecule has 0 aliphatic carbocycles. The van der Waals surface area contributed by atoms with Crippen molar-refractivity contribution in [2.45, 2.75) is 32.2 Å². The molecule has 2 rings (SSSR count). The van der Waals surface area contributed by atoms with Crippen LogP contribution in [0.15, 0.2) is 48.7 Å². The first-order valence-corrected chi connectivity index (χ1v) is 7.23. The summed E-state index contributed by atoms with van der Waals surface area (Å²) in [6, 6.07) is 15.6. The number of rotatable bonds is 5. The summed E-state index contributed by atoms with van der Waals surface area (Å²) in [4.78, 5) is 16.3. The zero-order valence-corrected chi connectivity index (χ0v) is 12.8. The molecular formula is C18H19N3O. The Morgan fingerprint density at radius 3 is 2.59 bits per heavy atom. The Morgan fingerprint density at radius 2 is 2.00 bits per heavy atom. The Balaban J connectivity index is 2.02. The highest BCUT2D eigenvalue weighted by atomic mass is 16.1. The third kappa shape index (κ3) is 4.16. The molecule has 0 aliphatic heterocycles. The van der Waals surface area contributed by atoms with E-state index in [9.17, 15) is 10.1 Å². The van der Waals surface area contributed by atoms with Gasteiger partial charge in [-0.15, -0.1) is 0 Å². The molecule has 2 aromatic rings. The van der Waals surface area contributed by atoms with Crippen molar-refractivity contribution in [3.05, 3.63) is 65.5 Å². The summed E-state index contributed by atoms with van der Waals surface area (Å²) < 4.78 is 0. The number of aryl methyl sites for hydroxylation is 2. The van der Waals surface area contributed by atoms with Crippen molar-refractivity contribution in [1.82, 2.24) is 10.3 Å². The molecule has 22 heavy (non-hydrogen) atoms. The summed E-state index contributed by atoms with van der Waals surface area (Å²) in [5.74, 6) is -0.274. The van der Waals surface area contributed by atoms with E-state index in [0.29, 0.717) is 12.0 Å². The second kappa shape index (κ2) is 6.86. The fourth-order valence-corrected chi connectivity index (χ4v) is 2.11. The van der Waals surface area contributed by atoms with Crippen LogP contribution in [0.2, 0.25) is 0 Å². The van der Waals surface area contributed by atoms with E-state index in [4.69, 9.17) is 0 Å². The lowest BCUT2D eigenvalue weighted by molar-refractivity contribution is 0.0921. The van der Waals surface area contributed by atoms with E-state index in [2.05, 4.69) is 16.4 Å². The van der Waals surface area contributed by atoms with Crippen molar-refractivity contribution in [2.24, 2.45) is 0 Å². The van der Waals surface area contributed by atoms with Crippen LogP contribution < -0.4 is 5.32 Å². The first-order valence-electron chi connectivity index (χ1n) is 7.23. The Morgan fingerprint density at radius 1 is 1.27 bits per heavy atom. The number of aromatic nitrogens is 1. The van der Waals surface area contributed by atoms with Crippen LogP contribution >= 0.6 is 0 Å². The van der Waals surface area contributed by atoms with Crippen molar-refractivity contribution in [3.63, 3.8) is 0 Å². The van der Waals surface area contributed by atoms with E-state index >= 15 is 0 Å². The van der Waals surface area contributed by atoms with E-state index < -0.39 is 5.54 Å². The molecular weight excluding hydrogens is 274 g/mol. The quantitative estimate of drug-likeness (QED) is 0.921. The number of carbonyl (C=O) groups is 1. The van der Waals surface area contributed by atoms with Gasteiger partial charge in [-0.25, -0.2) is 0 Å². The number of carbonyl (C=O) groups excluding carboxylic acids is 1. The Hall–Kier alpha value is -2.67. The van der Waals surface area contributed by atoms with E-state index in [-0.39, 0.29) is 5.91 Å². The number of nitriles is 1. The SMILES string of the molecule is Cc1ccc(C(=O)NC(C)(C#N)CCc2ccccc2)cn1. The molecule has 1 atom stereocenters. The Bertz CT molecular complexity index is 674. The van der Waals surface area contributed by atoms with Gasteiger partial charge in [0.1, 0.15) is 5.54 Å². The molecule has 1 unspecified atom stereocenters. The first-order chi connectivity index (χ1) is 10.5. The second-order valence-corrected chi connectivity index (χ2v) is 5.57. The molecule has 1 N–H and O–H groups in total. The van der Waals surface area contributed by atoms with E-state index in [1.807, 2.05) is 37.3 Å². The number of nitrogens with zero attached hydrogens (tertiary/aromatic N) is 2. The lowest BCUT2D eigenvalue weighted by atomic mass is 9.94. The summed E-state index contributed by atoms with van der Waals surface area (Å²) in [6.07, 6.45) is 2.82. The zero-order valence-electron chi connectivity index (χ0n) is 12.8. The minimum atomic E-state index is -0.905. The fourth-order valence-electron chi connectivity index (χ4n) is 2.11. The van der Waals surface area contributed by atoms with Gasteiger partial charge in [0.15, 0.2) is 0 Å². The normalized spacial score (nSPS) is 13.0. The molecule has 0 bridgehead atoms. The average molecular weight is 293 g/mol. The highest BCUT2D eigenvalue weighted by molar-refractivity contribution is 5.94. The van der Waals surface area contributed by atoms with Gasteiger partial charge in [-0.3, -0.25) is 9.78 Å². The molecule has 4 heteroatoms. The lowest BCUT2D eigenvalue weighted by Crippen LogP contribution is -2.45. The minimum absolute atomic E-state index is 0.274. The van der Waals surface area contributed by atoms with Crippen LogP contribution in [0.1, 0.15) is 35.0 Å². The summed E-state index contributed by atoms with van der Waals surface area (Å²) >= 11 is 0.